The van der Waals surface area contributed by atoms with Crippen LogP contribution in [0.1, 0.15) is 24.2 Å². The van der Waals surface area contributed by atoms with Crippen LogP contribution in [0.4, 0.5) is 14.6 Å². The third-order valence-electron chi connectivity index (χ3n) is 5.62. The Morgan fingerprint density at radius 1 is 1.04 bits per heavy atom. The fourth-order valence-corrected chi connectivity index (χ4v) is 4.10. The minimum Gasteiger partial charge on any atom is -0.354 e. The van der Waals surface area contributed by atoms with Crippen molar-refractivity contribution >= 4 is 5.82 Å². The van der Waals surface area contributed by atoms with Gasteiger partial charge in [-0.25, -0.2) is 8.78 Å². The van der Waals surface area contributed by atoms with E-state index < -0.39 is 11.3 Å². The van der Waals surface area contributed by atoms with E-state index in [9.17, 15) is 8.78 Å². The molecule has 0 unspecified atom stereocenters. The summed E-state index contributed by atoms with van der Waals surface area (Å²) in [5.41, 5.74) is 0.714. The molecule has 26 heavy (non-hydrogen) atoms. The van der Waals surface area contributed by atoms with E-state index in [2.05, 4.69) is 20.1 Å². The standard InChI is InChI=1S/C19H23F2N5/c1-15-5-6-17(24-23-15)26-11-7-18(14-26)13-25(10-8-19(18,20)21)12-16-4-2-3-9-22-16/h2-6,9H,7-8,10-14H2,1H3/t18-/m0/s1. The molecule has 1 spiro atoms. The van der Waals surface area contributed by atoms with Crippen LogP contribution in [0.15, 0.2) is 36.5 Å². The highest BCUT2D eigenvalue weighted by molar-refractivity contribution is 5.40. The number of likely N-dealkylation sites (tertiary alicyclic amines) is 1. The molecule has 5 nitrogen and oxygen atoms in total. The van der Waals surface area contributed by atoms with E-state index in [0.29, 0.717) is 45.0 Å². The number of piperidine rings is 1. The third-order valence-corrected chi connectivity index (χ3v) is 5.62. The van der Waals surface area contributed by atoms with Crippen molar-refractivity contribution in [2.45, 2.75) is 32.2 Å². The van der Waals surface area contributed by atoms with Crippen molar-refractivity contribution in [3.8, 4) is 0 Å². The number of anilines is 1. The summed E-state index contributed by atoms with van der Waals surface area (Å²) in [5.74, 6) is -1.98. The molecule has 4 heterocycles. The van der Waals surface area contributed by atoms with Gasteiger partial charge in [0.25, 0.3) is 5.92 Å². The van der Waals surface area contributed by atoms with Gasteiger partial charge in [0.2, 0.25) is 0 Å². The lowest BCUT2D eigenvalue weighted by Crippen LogP contribution is -2.56. The van der Waals surface area contributed by atoms with Crippen LogP contribution in [0, 0.1) is 12.3 Å². The van der Waals surface area contributed by atoms with Crippen molar-refractivity contribution in [2.75, 3.05) is 31.1 Å². The predicted octanol–water partition coefficient (Wildman–Crippen LogP) is 2.92. The molecule has 2 aliphatic heterocycles. The predicted molar refractivity (Wildman–Crippen MR) is 95.1 cm³/mol. The first kappa shape index (κ1) is 17.3. The first-order chi connectivity index (χ1) is 12.5. The van der Waals surface area contributed by atoms with E-state index >= 15 is 0 Å². The van der Waals surface area contributed by atoms with Crippen molar-refractivity contribution < 1.29 is 8.78 Å². The zero-order valence-corrected chi connectivity index (χ0v) is 14.9. The highest BCUT2D eigenvalue weighted by Gasteiger charge is 2.59. The van der Waals surface area contributed by atoms with Crippen molar-refractivity contribution in [3.05, 3.63) is 47.9 Å². The number of rotatable bonds is 3. The summed E-state index contributed by atoms with van der Waals surface area (Å²) in [4.78, 5) is 8.40. The SMILES string of the molecule is Cc1ccc(N2CC[C@]3(CN(Cc4ccccn4)CCC3(F)F)C2)nn1. The summed E-state index contributed by atoms with van der Waals surface area (Å²) in [7, 11) is 0. The van der Waals surface area contributed by atoms with Crippen molar-refractivity contribution in [3.63, 3.8) is 0 Å². The molecule has 4 rings (SSSR count). The average Bonchev–Trinajstić information content (AvgIpc) is 3.06. The molecule has 2 aromatic heterocycles. The summed E-state index contributed by atoms with van der Waals surface area (Å²) < 4.78 is 29.9. The number of hydrogen-bond donors (Lipinski definition) is 0. The molecule has 0 aliphatic carbocycles. The van der Waals surface area contributed by atoms with Gasteiger partial charge in [0.1, 0.15) is 0 Å². The molecule has 2 aromatic rings. The molecular formula is C19H23F2N5. The van der Waals surface area contributed by atoms with Crippen LogP contribution in [0.25, 0.3) is 0 Å². The molecule has 7 heteroatoms. The summed E-state index contributed by atoms with van der Waals surface area (Å²) in [5, 5.41) is 8.25. The number of aryl methyl sites for hydroxylation is 1. The lowest BCUT2D eigenvalue weighted by Gasteiger charge is -2.45. The molecule has 2 fully saturated rings. The second-order valence-corrected chi connectivity index (χ2v) is 7.47. The molecule has 0 saturated carbocycles. The maximum atomic E-state index is 14.9. The Morgan fingerprint density at radius 3 is 2.65 bits per heavy atom. The minimum absolute atomic E-state index is 0.104. The Labute approximate surface area is 152 Å². The van der Waals surface area contributed by atoms with E-state index in [4.69, 9.17) is 0 Å². The number of aromatic nitrogens is 3. The van der Waals surface area contributed by atoms with Crippen LogP contribution in [0.3, 0.4) is 0 Å². The van der Waals surface area contributed by atoms with Gasteiger partial charge in [-0.05, 0) is 37.6 Å². The van der Waals surface area contributed by atoms with Crippen molar-refractivity contribution in [1.82, 2.24) is 20.1 Å². The lowest BCUT2D eigenvalue weighted by molar-refractivity contribution is -0.159. The zero-order valence-electron chi connectivity index (χ0n) is 14.9. The van der Waals surface area contributed by atoms with E-state index in [0.717, 1.165) is 11.4 Å². The first-order valence-corrected chi connectivity index (χ1v) is 9.03. The summed E-state index contributed by atoms with van der Waals surface area (Å²) in [6.45, 7) is 4.17. The first-order valence-electron chi connectivity index (χ1n) is 9.03. The summed E-state index contributed by atoms with van der Waals surface area (Å²) >= 11 is 0. The second kappa shape index (κ2) is 6.54. The molecule has 0 bridgehead atoms. The van der Waals surface area contributed by atoms with Crippen LogP contribution in [0.2, 0.25) is 0 Å². The van der Waals surface area contributed by atoms with Gasteiger partial charge in [-0.2, -0.15) is 5.10 Å². The molecule has 2 saturated heterocycles. The summed E-state index contributed by atoms with van der Waals surface area (Å²) in [6.07, 6.45) is 2.11. The Bertz CT molecular complexity index is 752. The normalized spacial score (nSPS) is 25.7. The van der Waals surface area contributed by atoms with E-state index in [1.807, 2.05) is 42.2 Å². The average molecular weight is 359 g/mol. The number of pyridine rings is 1. The van der Waals surface area contributed by atoms with Crippen LogP contribution in [-0.2, 0) is 6.54 Å². The van der Waals surface area contributed by atoms with Crippen LogP contribution in [-0.4, -0.2) is 52.2 Å². The molecule has 0 radical (unpaired) electrons. The fourth-order valence-electron chi connectivity index (χ4n) is 4.10. The number of nitrogens with zero attached hydrogens (tertiary/aromatic N) is 5. The Morgan fingerprint density at radius 2 is 1.92 bits per heavy atom. The molecule has 0 aromatic carbocycles. The van der Waals surface area contributed by atoms with Gasteiger partial charge in [0.05, 0.1) is 16.8 Å². The quantitative estimate of drug-likeness (QED) is 0.843. The maximum Gasteiger partial charge on any atom is 0.257 e. The third kappa shape index (κ3) is 3.16. The molecule has 2 aliphatic rings. The number of halogens is 2. The van der Waals surface area contributed by atoms with Crippen LogP contribution < -0.4 is 4.90 Å². The van der Waals surface area contributed by atoms with Gasteiger partial charge in [-0.15, -0.1) is 5.10 Å². The monoisotopic (exact) mass is 359 g/mol. The Kier molecular flexibility index (Phi) is 4.34. The molecule has 0 N–H and O–H groups in total. The smallest absolute Gasteiger partial charge is 0.257 e. The van der Waals surface area contributed by atoms with Crippen molar-refractivity contribution in [2.24, 2.45) is 5.41 Å². The Hall–Kier alpha value is -2.15. The topological polar surface area (TPSA) is 45.2 Å². The zero-order chi connectivity index (χ0) is 18.2. The van der Waals surface area contributed by atoms with Crippen LogP contribution in [0.5, 0.6) is 0 Å². The highest BCUT2D eigenvalue weighted by atomic mass is 19.3. The lowest BCUT2D eigenvalue weighted by atomic mass is 9.75. The van der Waals surface area contributed by atoms with Gasteiger partial charge in [-0.3, -0.25) is 9.88 Å². The maximum absolute atomic E-state index is 14.9. The van der Waals surface area contributed by atoms with E-state index in [1.165, 1.54) is 0 Å². The summed E-state index contributed by atoms with van der Waals surface area (Å²) in [6, 6.07) is 9.49. The van der Waals surface area contributed by atoms with E-state index in [-0.39, 0.29) is 6.42 Å². The molecule has 1 atom stereocenters. The Balaban J connectivity index is 1.52. The fraction of sp³-hybridized carbons (Fsp3) is 0.526. The highest BCUT2D eigenvalue weighted by Crippen LogP contribution is 2.50. The second-order valence-electron chi connectivity index (χ2n) is 7.47. The largest absolute Gasteiger partial charge is 0.354 e. The number of alkyl halides is 2. The minimum atomic E-state index is -2.67. The van der Waals surface area contributed by atoms with Crippen LogP contribution >= 0.6 is 0 Å². The van der Waals surface area contributed by atoms with E-state index in [1.54, 1.807) is 6.20 Å². The van der Waals surface area contributed by atoms with Gasteiger partial charge >= 0.3 is 0 Å². The van der Waals surface area contributed by atoms with Gasteiger partial charge < -0.3 is 4.90 Å². The van der Waals surface area contributed by atoms with Crippen molar-refractivity contribution in [1.29, 1.82) is 0 Å². The molecular weight excluding hydrogens is 336 g/mol. The number of hydrogen-bond acceptors (Lipinski definition) is 5. The van der Waals surface area contributed by atoms with Gasteiger partial charge in [-0.1, -0.05) is 6.07 Å². The molecule has 0 amide bonds. The molecule has 138 valence electrons. The van der Waals surface area contributed by atoms with Gasteiger partial charge in [0, 0.05) is 45.3 Å². The van der Waals surface area contributed by atoms with Gasteiger partial charge in [0.15, 0.2) is 5.82 Å².